The molecular weight excluding hydrogens is 344 g/mol. The summed E-state index contributed by atoms with van der Waals surface area (Å²) in [5.74, 6) is 0.688. The number of nitrogens with one attached hydrogen (secondary N) is 1. The van der Waals surface area contributed by atoms with E-state index in [1.165, 1.54) is 12.5 Å². The number of fused-ring (bicyclic) bond motifs is 1. The van der Waals surface area contributed by atoms with Crippen LogP contribution < -0.4 is 15.7 Å². The number of carbonyl (C=O) groups is 1. The molecule has 0 bridgehead atoms. The van der Waals surface area contributed by atoms with E-state index in [1.807, 2.05) is 13.0 Å². The number of benzene rings is 1. The van der Waals surface area contributed by atoms with Gasteiger partial charge in [-0.3, -0.25) is 9.69 Å². The fourth-order valence-corrected chi connectivity index (χ4v) is 3.89. The number of likely N-dealkylation sites (tertiary alicyclic amines) is 1. The van der Waals surface area contributed by atoms with Crippen LogP contribution in [0.2, 0.25) is 0 Å². The smallest absolute Gasteiger partial charge is 0.336 e. The standard InChI is InChI=1S/C21H28N2O4/c1-4-23-9-5-6-16(23)13-22-20(24)8-7-15-11-17-14(2)10-21(25)27-19(17)12-18(15)26-3/h10-12,16H,4-9,13H2,1-3H3,(H,22,24)/t16-/m0/s1. The van der Waals surface area contributed by atoms with Crippen molar-refractivity contribution in [3.05, 3.63) is 39.7 Å². The molecule has 27 heavy (non-hydrogen) atoms. The molecule has 1 fully saturated rings. The van der Waals surface area contributed by atoms with Gasteiger partial charge in [0.1, 0.15) is 11.3 Å². The lowest BCUT2D eigenvalue weighted by atomic mass is 10.0. The third-order valence-corrected chi connectivity index (χ3v) is 5.41. The molecule has 0 spiro atoms. The predicted octanol–water partition coefficient (Wildman–Crippen LogP) is 2.64. The van der Waals surface area contributed by atoms with Crippen molar-refractivity contribution in [1.82, 2.24) is 10.2 Å². The Balaban J connectivity index is 1.65. The molecule has 1 aliphatic rings. The van der Waals surface area contributed by atoms with Crippen LogP contribution in [0.4, 0.5) is 0 Å². The molecule has 0 unspecified atom stereocenters. The molecule has 1 aliphatic heterocycles. The first-order valence-electron chi connectivity index (χ1n) is 9.64. The van der Waals surface area contributed by atoms with Gasteiger partial charge in [0.05, 0.1) is 7.11 Å². The number of nitrogens with zero attached hydrogens (tertiary/aromatic N) is 1. The molecule has 1 atom stereocenters. The summed E-state index contributed by atoms with van der Waals surface area (Å²) >= 11 is 0. The van der Waals surface area contributed by atoms with Gasteiger partial charge in [-0.15, -0.1) is 0 Å². The highest BCUT2D eigenvalue weighted by atomic mass is 16.5. The quantitative estimate of drug-likeness (QED) is 0.757. The second-order valence-corrected chi connectivity index (χ2v) is 7.14. The minimum Gasteiger partial charge on any atom is -0.496 e. The molecule has 1 aromatic carbocycles. The van der Waals surface area contributed by atoms with Crippen molar-refractivity contribution in [2.45, 2.75) is 45.6 Å². The number of carbonyl (C=O) groups excluding carboxylic acids is 1. The van der Waals surface area contributed by atoms with Crippen molar-refractivity contribution in [3.63, 3.8) is 0 Å². The van der Waals surface area contributed by atoms with Gasteiger partial charge in [0, 0.05) is 36.5 Å². The average Bonchev–Trinajstić information content (AvgIpc) is 3.11. The van der Waals surface area contributed by atoms with Crippen LogP contribution in [-0.2, 0) is 11.2 Å². The Morgan fingerprint density at radius 1 is 1.37 bits per heavy atom. The minimum absolute atomic E-state index is 0.0522. The molecule has 1 N–H and O–H groups in total. The maximum Gasteiger partial charge on any atom is 0.336 e. The van der Waals surface area contributed by atoms with Crippen LogP contribution >= 0.6 is 0 Å². The third kappa shape index (κ3) is 4.50. The maximum absolute atomic E-state index is 12.3. The van der Waals surface area contributed by atoms with E-state index in [2.05, 4.69) is 17.1 Å². The minimum atomic E-state index is -0.373. The van der Waals surface area contributed by atoms with E-state index in [4.69, 9.17) is 9.15 Å². The highest BCUT2D eigenvalue weighted by molar-refractivity contribution is 5.83. The first-order valence-corrected chi connectivity index (χ1v) is 9.64. The third-order valence-electron chi connectivity index (χ3n) is 5.41. The normalized spacial score (nSPS) is 17.4. The second-order valence-electron chi connectivity index (χ2n) is 7.14. The van der Waals surface area contributed by atoms with Crippen molar-refractivity contribution in [2.24, 2.45) is 0 Å². The summed E-state index contributed by atoms with van der Waals surface area (Å²) in [7, 11) is 1.58. The lowest BCUT2D eigenvalue weighted by Crippen LogP contribution is -2.40. The van der Waals surface area contributed by atoms with E-state index >= 15 is 0 Å². The fraction of sp³-hybridized carbons (Fsp3) is 0.524. The predicted molar refractivity (Wildman–Crippen MR) is 105 cm³/mol. The summed E-state index contributed by atoms with van der Waals surface area (Å²) in [5.41, 5.74) is 1.93. The van der Waals surface area contributed by atoms with E-state index in [1.54, 1.807) is 13.2 Å². The number of methoxy groups -OCH3 is 1. The summed E-state index contributed by atoms with van der Waals surface area (Å²) in [6, 6.07) is 5.62. The van der Waals surface area contributed by atoms with Crippen LogP contribution in [0.3, 0.4) is 0 Å². The van der Waals surface area contributed by atoms with Crippen LogP contribution in [0.25, 0.3) is 11.0 Å². The zero-order valence-electron chi connectivity index (χ0n) is 16.3. The number of likely N-dealkylation sites (N-methyl/N-ethyl adjacent to an activating group) is 1. The van der Waals surface area contributed by atoms with Crippen molar-refractivity contribution >= 4 is 16.9 Å². The second kappa shape index (κ2) is 8.57. The van der Waals surface area contributed by atoms with Crippen LogP contribution in [0, 0.1) is 6.92 Å². The molecule has 3 rings (SSSR count). The first kappa shape index (κ1) is 19.4. The van der Waals surface area contributed by atoms with Crippen molar-refractivity contribution < 1.29 is 13.9 Å². The van der Waals surface area contributed by atoms with Crippen LogP contribution in [0.1, 0.15) is 37.3 Å². The molecule has 1 aromatic heterocycles. The first-order chi connectivity index (χ1) is 13.0. The van der Waals surface area contributed by atoms with Gasteiger partial charge in [0.15, 0.2) is 0 Å². The lowest BCUT2D eigenvalue weighted by Gasteiger charge is -2.22. The van der Waals surface area contributed by atoms with Gasteiger partial charge < -0.3 is 14.5 Å². The highest BCUT2D eigenvalue weighted by Crippen LogP contribution is 2.28. The van der Waals surface area contributed by atoms with Crippen molar-refractivity contribution in [1.29, 1.82) is 0 Å². The molecule has 2 heterocycles. The molecule has 1 amide bonds. The topological polar surface area (TPSA) is 71.8 Å². The number of aryl methyl sites for hydroxylation is 2. The molecule has 6 nitrogen and oxygen atoms in total. The van der Waals surface area contributed by atoms with Crippen LogP contribution in [-0.4, -0.2) is 43.6 Å². The van der Waals surface area contributed by atoms with E-state index in [0.717, 1.165) is 36.0 Å². The average molecular weight is 372 g/mol. The van der Waals surface area contributed by atoms with E-state index in [9.17, 15) is 9.59 Å². The van der Waals surface area contributed by atoms with Gasteiger partial charge in [0.25, 0.3) is 0 Å². The SMILES string of the molecule is CCN1CCC[C@H]1CNC(=O)CCc1cc2c(C)cc(=O)oc2cc1OC. The molecule has 146 valence electrons. The van der Waals surface area contributed by atoms with E-state index < -0.39 is 0 Å². The van der Waals surface area contributed by atoms with Crippen LogP contribution in [0.5, 0.6) is 5.75 Å². The number of amides is 1. The lowest BCUT2D eigenvalue weighted by molar-refractivity contribution is -0.121. The molecule has 0 saturated carbocycles. The molecule has 2 aromatic rings. The zero-order valence-corrected chi connectivity index (χ0v) is 16.3. The molecule has 6 heteroatoms. The largest absolute Gasteiger partial charge is 0.496 e. The Bertz CT molecular complexity index is 874. The Kier molecular flexibility index (Phi) is 6.16. The van der Waals surface area contributed by atoms with Gasteiger partial charge in [-0.05, 0) is 56.5 Å². The Morgan fingerprint density at radius 3 is 2.93 bits per heavy atom. The summed E-state index contributed by atoms with van der Waals surface area (Å²) in [4.78, 5) is 26.3. The maximum atomic E-state index is 12.3. The fourth-order valence-electron chi connectivity index (χ4n) is 3.89. The number of hydrogen-bond acceptors (Lipinski definition) is 5. The Hall–Kier alpha value is -2.34. The Labute approximate surface area is 159 Å². The monoisotopic (exact) mass is 372 g/mol. The molecule has 0 aliphatic carbocycles. The molecule has 0 radical (unpaired) electrons. The van der Waals surface area contributed by atoms with Gasteiger partial charge in [-0.1, -0.05) is 6.92 Å². The van der Waals surface area contributed by atoms with Gasteiger partial charge in [0.2, 0.25) is 5.91 Å². The van der Waals surface area contributed by atoms with Crippen LogP contribution in [0.15, 0.2) is 27.4 Å². The van der Waals surface area contributed by atoms with Gasteiger partial charge in [-0.2, -0.15) is 0 Å². The summed E-state index contributed by atoms with van der Waals surface area (Å²) < 4.78 is 10.7. The van der Waals surface area contributed by atoms with Gasteiger partial charge in [-0.25, -0.2) is 4.79 Å². The van der Waals surface area contributed by atoms with Crippen molar-refractivity contribution in [3.8, 4) is 5.75 Å². The zero-order chi connectivity index (χ0) is 19.4. The summed E-state index contributed by atoms with van der Waals surface area (Å²) in [6.07, 6.45) is 3.33. The van der Waals surface area contributed by atoms with Gasteiger partial charge >= 0.3 is 5.63 Å². The van der Waals surface area contributed by atoms with E-state index in [-0.39, 0.29) is 11.5 Å². The number of hydrogen-bond donors (Lipinski definition) is 1. The molecule has 1 saturated heterocycles. The summed E-state index contributed by atoms with van der Waals surface area (Å²) in [6.45, 7) is 6.91. The summed E-state index contributed by atoms with van der Waals surface area (Å²) in [5, 5.41) is 3.94. The molecular formula is C21H28N2O4. The Morgan fingerprint density at radius 2 is 2.19 bits per heavy atom. The number of ether oxygens (including phenoxy) is 1. The van der Waals surface area contributed by atoms with E-state index in [0.29, 0.717) is 36.8 Å². The highest BCUT2D eigenvalue weighted by Gasteiger charge is 2.23. The number of rotatable bonds is 7. The van der Waals surface area contributed by atoms with Crippen molar-refractivity contribution in [2.75, 3.05) is 26.7 Å².